The van der Waals surface area contributed by atoms with Crippen LogP contribution in [0.4, 0.5) is 4.39 Å². The Bertz CT molecular complexity index is 1400. The van der Waals surface area contributed by atoms with Crippen molar-refractivity contribution in [2.75, 3.05) is 6.61 Å². The average molecular weight is 554 g/mol. The van der Waals surface area contributed by atoms with Crippen LogP contribution < -0.4 is 15.4 Å². The summed E-state index contributed by atoms with van der Waals surface area (Å²) in [5.41, 5.74) is 2.19. The SMILES string of the molecule is CC(C)Cc1c(C(=O)NC(C(=O)NC(CC(=O)O)C(=O)COc2ccccc2F)C(C)C)n(C)c2ccccc12. The van der Waals surface area contributed by atoms with Gasteiger partial charge in [-0.05, 0) is 42.0 Å². The zero-order valence-corrected chi connectivity index (χ0v) is 23.4. The molecular weight excluding hydrogens is 517 g/mol. The molecule has 0 aliphatic carbocycles. The van der Waals surface area contributed by atoms with E-state index in [4.69, 9.17) is 4.74 Å². The van der Waals surface area contributed by atoms with Crippen LogP contribution in [-0.4, -0.2) is 51.9 Å². The fourth-order valence-corrected chi connectivity index (χ4v) is 4.61. The maximum absolute atomic E-state index is 13.9. The second kappa shape index (κ2) is 13.2. The lowest BCUT2D eigenvalue weighted by molar-refractivity contribution is -0.140. The summed E-state index contributed by atoms with van der Waals surface area (Å²) in [7, 11) is 1.79. The van der Waals surface area contributed by atoms with Crippen molar-refractivity contribution in [3.05, 3.63) is 65.6 Å². The van der Waals surface area contributed by atoms with Gasteiger partial charge >= 0.3 is 5.97 Å². The number of carbonyl (C=O) groups excluding carboxylic acids is 3. The summed E-state index contributed by atoms with van der Waals surface area (Å²) in [5.74, 6) is -4.19. The van der Waals surface area contributed by atoms with Crippen molar-refractivity contribution in [2.45, 2.75) is 52.6 Å². The van der Waals surface area contributed by atoms with Gasteiger partial charge in [-0.2, -0.15) is 0 Å². The first-order valence-electron chi connectivity index (χ1n) is 13.2. The normalized spacial score (nSPS) is 12.8. The predicted molar refractivity (Wildman–Crippen MR) is 149 cm³/mol. The van der Waals surface area contributed by atoms with Crippen LogP contribution in [0.5, 0.6) is 5.75 Å². The Morgan fingerprint density at radius 3 is 2.25 bits per heavy atom. The number of benzene rings is 2. The zero-order chi connectivity index (χ0) is 29.6. The van der Waals surface area contributed by atoms with Crippen LogP contribution in [0.3, 0.4) is 0 Å². The molecular formula is C30H36FN3O6. The van der Waals surface area contributed by atoms with Crippen LogP contribution in [-0.2, 0) is 27.9 Å². The van der Waals surface area contributed by atoms with E-state index in [1.807, 2.05) is 24.3 Å². The number of ether oxygens (including phenoxy) is 1. The minimum Gasteiger partial charge on any atom is -0.483 e. The molecule has 10 heteroatoms. The van der Waals surface area contributed by atoms with Crippen molar-refractivity contribution in [2.24, 2.45) is 18.9 Å². The Hall–Kier alpha value is -4.21. The molecule has 0 saturated heterocycles. The molecule has 214 valence electrons. The van der Waals surface area contributed by atoms with E-state index in [9.17, 15) is 28.7 Å². The van der Waals surface area contributed by atoms with Crippen LogP contribution in [0.1, 0.15) is 50.2 Å². The Kier molecular flexibility index (Phi) is 10.0. The van der Waals surface area contributed by atoms with E-state index in [2.05, 4.69) is 24.5 Å². The summed E-state index contributed by atoms with van der Waals surface area (Å²) >= 11 is 0. The first-order chi connectivity index (χ1) is 18.9. The molecule has 2 unspecified atom stereocenters. The number of aryl methyl sites for hydroxylation is 1. The third-order valence-electron chi connectivity index (χ3n) is 6.57. The van der Waals surface area contributed by atoms with Crippen LogP contribution in [0.25, 0.3) is 10.9 Å². The molecule has 40 heavy (non-hydrogen) atoms. The number of fused-ring (bicyclic) bond motifs is 1. The highest BCUT2D eigenvalue weighted by Crippen LogP contribution is 2.28. The van der Waals surface area contributed by atoms with Gasteiger partial charge in [-0.3, -0.25) is 19.2 Å². The van der Waals surface area contributed by atoms with Gasteiger partial charge in [0.15, 0.2) is 17.3 Å². The molecule has 3 rings (SSSR count). The van der Waals surface area contributed by atoms with Gasteiger partial charge in [0, 0.05) is 18.0 Å². The minimum atomic E-state index is -1.44. The lowest BCUT2D eigenvalue weighted by Gasteiger charge is -2.25. The summed E-state index contributed by atoms with van der Waals surface area (Å²) in [4.78, 5) is 51.2. The highest BCUT2D eigenvalue weighted by Gasteiger charge is 2.32. The van der Waals surface area contributed by atoms with Gasteiger partial charge in [-0.25, -0.2) is 4.39 Å². The van der Waals surface area contributed by atoms with Crippen LogP contribution in [0.15, 0.2) is 48.5 Å². The van der Waals surface area contributed by atoms with E-state index < -0.39 is 54.5 Å². The van der Waals surface area contributed by atoms with Gasteiger partial charge in [0.1, 0.15) is 24.4 Å². The quantitative estimate of drug-likeness (QED) is 0.295. The Balaban J connectivity index is 1.81. The number of aromatic nitrogens is 1. The number of carboxylic acids is 1. The summed E-state index contributed by atoms with van der Waals surface area (Å²) in [5, 5.41) is 15.6. The number of halogens is 1. The number of carboxylic acid groups (broad SMARTS) is 1. The molecule has 0 saturated carbocycles. The molecule has 0 bridgehead atoms. The van der Waals surface area contributed by atoms with E-state index in [1.165, 1.54) is 18.2 Å². The number of amides is 2. The number of hydrogen-bond donors (Lipinski definition) is 3. The van der Waals surface area contributed by atoms with Gasteiger partial charge in [0.25, 0.3) is 5.91 Å². The molecule has 2 amide bonds. The molecule has 9 nitrogen and oxygen atoms in total. The Morgan fingerprint density at radius 2 is 1.62 bits per heavy atom. The summed E-state index contributed by atoms with van der Waals surface area (Å²) < 4.78 is 20.9. The number of carbonyl (C=O) groups is 4. The van der Waals surface area contributed by atoms with Crippen molar-refractivity contribution in [3.8, 4) is 5.75 Å². The Labute approximate surface area is 232 Å². The van der Waals surface area contributed by atoms with Gasteiger partial charge in [0.2, 0.25) is 5.91 Å². The number of nitrogens with one attached hydrogen (secondary N) is 2. The van der Waals surface area contributed by atoms with Crippen LogP contribution >= 0.6 is 0 Å². The van der Waals surface area contributed by atoms with Gasteiger partial charge < -0.3 is 25.0 Å². The number of para-hydroxylation sites is 2. The molecule has 0 aliphatic rings. The molecule has 1 heterocycles. The van der Waals surface area contributed by atoms with Crippen LogP contribution in [0.2, 0.25) is 0 Å². The standard InChI is InChI=1S/C30H36FN3O6/c1-17(2)14-20-19-10-6-8-12-23(19)34(5)28(20)30(39)33-27(18(3)4)29(38)32-22(15-26(36)37)24(35)16-40-25-13-9-7-11-21(25)31/h6-13,17-18,22,27H,14-16H2,1-5H3,(H,32,38)(H,33,39)(H,36,37). The van der Waals surface area contributed by atoms with E-state index in [-0.39, 0.29) is 17.6 Å². The van der Waals surface area contributed by atoms with E-state index in [0.29, 0.717) is 12.1 Å². The van der Waals surface area contributed by atoms with Crippen molar-refractivity contribution >= 4 is 34.5 Å². The third kappa shape index (κ3) is 7.25. The number of hydrogen-bond acceptors (Lipinski definition) is 5. The predicted octanol–water partition coefficient (Wildman–Crippen LogP) is 3.88. The summed E-state index contributed by atoms with van der Waals surface area (Å²) in [6.07, 6.45) is -0.0501. The Morgan fingerprint density at radius 1 is 0.975 bits per heavy atom. The zero-order valence-electron chi connectivity index (χ0n) is 23.4. The number of aliphatic carboxylic acids is 1. The van der Waals surface area contributed by atoms with Gasteiger partial charge in [-0.15, -0.1) is 0 Å². The average Bonchev–Trinajstić information content (AvgIpc) is 3.16. The lowest BCUT2D eigenvalue weighted by Crippen LogP contribution is -2.54. The number of ketones is 1. The molecule has 0 radical (unpaired) electrons. The second-order valence-corrected chi connectivity index (χ2v) is 10.5. The second-order valence-electron chi connectivity index (χ2n) is 10.5. The maximum Gasteiger partial charge on any atom is 0.305 e. The third-order valence-corrected chi connectivity index (χ3v) is 6.57. The lowest BCUT2D eigenvalue weighted by atomic mass is 9.98. The summed E-state index contributed by atoms with van der Waals surface area (Å²) in [6.45, 7) is 6.94. The first kappa shape index (κ1) is 30.3. The van der Waals surface area contributed by atoms with Crippen LogP contribution in [0, 0.1) is 17.7 Å². The maximum atomic E-state index is 13.9. The largest absolute Gasteiger partial charge is 0.483 e. The number of rotatable bonds is 13. The molecule has 2 aromatic carbocycles. The van der Waals surface area contributed by atoms with Crippen molar-refractivity contribution in [1.29, 1.82) is 0 Å². The van der Waals surface area contributed by atoms with E-state index in [0.717, 1.165) is 22.5 Å². The monoisotopic (exact) mass is 553 g/mol. The van der Waals surface area contributed by atoms with Gasteiger partial charge in [0.05, 0.1) is 6.42 Å². The molecule has 0 spiro atoms. The molecule has 2 atom stereocenters. The number of nitrogens with zero attached hydrogens (tertiary/aromatic N) is 1. The molecule has 0 fully saturated rings. The topological polar surface area (TPSA) is 127 Å². The number of Topliss-reactive ketones (excluding diaryl/α,β-unsaturated/α-hetero) is 1. The van der Waals surface area contributed by atoms with Crippen molar-refractivity contribution in [3.63, 3.8) is 0 Å². The highest BCUT2D eigenvalue weighted by atomic mass is 19.1. The summed E-state index contributed by atoms with van der Waals surface area (Å²) in [6, 6.07) is 10.7. The van der Waals surface area contributed by atoms with Crippen molar-refractivity contribution in [1.82, 2.24) is 15.2 Å². The first-order valence-corrected chi connectivity index (χ1v) is 13.2. The van der Waals surface area contributed by atoms with Crippen molar-refractivity contribution < 1.29 is 33.4 Å². The minimum absolute atomic E-state index is 0.171. The fourth-order valence-electron chi connectivity index (χ4n) is 4.61. The van der Waals surface area contributed by atoms with E-state index >= 15 is 0 Å². The molecule has 3 aromatic rings. The van der Waals surface area contributed by atoms with Gasteiger partial charge in [-0.1, -0.05) is 58.0 Å². The highest BCUT2D eigenvalue weighted by molar-refractivity contribution is 6.04. The molecule has 1 aromatic heterocycles. The fraction of sp³-hybridized carbons (Fsp3) is 0.400. The smallest absolute Gasteiger partial charge is 0.305 e. The van der Waals surface area contributed by atoms with E-state index in [1.54, 1.807) is 25.5 Å². The molecule has 0 aliphatic heterocycles. The molecule has 3 N–H and O–H groups in total.